The standard InChI is InChI=1S/C20H29N3O4/c1-13(2)10-11-16(18(21)24)22-19(25)17(14(3)4)23-20(26)27-12-15-8-6-5-7-9-15/h5-10,14,16-17H,11-12H2,1-4H3,(H2,21,24)(H,22,25)(H,23,26)/t16-,17-/m0/s1. The summed E-state index contributed by atoms with van der Waals surface area (Å²) in [5, 5.41) is 5.16. The predicted molar refractivity (Wildman–Crippen MR) is 104 cm³/mol. The lowest BCUT2D eigenvalue weighted by atomic mass is 10.0. The summed E-state index contributed by atoms with van der Waals surface area (Å²) in [5.41, 5.74) is 7.22. The molecule has 1 rings (SSSR count). The summed E-state index contributed by atoms with van der Waals surface area (Å²) in [6.45, 7) is 7.46. The van der Waals surface area contributed by atoms with E-state index in [0.717, 1.165) is 11.1 Å². The highest BCUT2D eigenvalue weighted by atomic mass is 16.5. The van der Waals surface area contributed by atoms with Crippen LogP contribution in [0.2, 0.25) is 0 Å². The van der Waals surface area contributed by atoms with E-state index in [-0.39, 0.29) is 12.5 Å². The van der Waals surface area contributed by atoms with Crippen molar-refractivity contribution >= 4 is 17.9 Å². The van der Waals surface area contributed by atoms with E-state index >= 15 is 0 Å². The Morgan fingerprint density at radius 3 is 2.26 bits per heavy atom. The van der Waals surface area contributed by atoms with Gasteiger partial charge in [-0.15, -0.1) is 0 Å². The lowest BCUT2D eigenvalue weighted by Gasteiger charge is -2.23. The Hall–Kier alpha value is -2.83. The first-order valence-electron chi connectivity index (χ1n) is 8.91. The van der Waals surface area contributed by atoms with Gasteiger partial charge in [-0.1, -0.05) is 55.8 Å². The Balaban J connectivity index is 2.67. The second kappa shape index (κ2) is 11.0. The van der Waals surface area contributed by atoms with Gasteiger partial charge in [0.1, 0.15) is 18.7 Å². The largest absolute Gasteiger partial charge is 0.445 e. The molecule has 1 aromatic carbocycles. The van der Waals surface area contributed by atoms with Crippen LogP contribution >= 0.6 is 0 Å². The van der Waals surface area contributed by atoms with E-state index in [1.807, 2.05) is 50.3 Å². The van der Waals surface area contributed by atoms with Crippen LogP contribution in [0, 0.1) is 5.92 Å². The molecule has 7 nitrogen and oxygen atoms in total. The molecule has 0 radical (unpaired) electrons. The number of carbonyl (C=O) groups is 3. The molecule has 0 unspecified atom stereocenters. The minimum Gasteiger partial charge on any atom is -0.445 e. The van der Waals surface area contributed by atoms with Gasteiger partial charge in [0.05, 0.1) is 0 Å². The Kier molecular flexibility index (Phi) is 9.05. The highest BCUT2D eigenvalue weighted by Crippen LogP contribution is 2.06. The van der Waals surface area contributed by atoms with Gasteiger partial charge in [0.2, 0.25) is 11.8 Å². The first-order valence-corrected chi connectivity index (χ1v) is 8.91. The fourth-order valence-corrected chi connectivity index (χ4v) is 2.29. The smallest absolute Gasteiger partial charge is 0.408 e. The number of carbonyl (C=O) groups excluding carboxylic acids is 3. The van der Waals surface area contributed by atoms with Crippen molar-refractivity contribution in [2.45, 2.75) is 52.8 Å². The molecular formula is C20H29N3O4. The molecule has 3 amide bonds. The van der Waals surface area contributed by atoms with Crippen LogP contribution in [0.15, 0.2) is 42.0 Å². The zero-order valence-electron chi connectivity index (χ0n) is 16.3. The minimum atomic E-state index is -0.846. The van der Waals surface area contributed by atoms with Gasteiger partial charge in [-0.25, -0.2) is 4.79 Å². The maximum Gasteiger partial charge on any atom is 0.408 e. The van der Waals surface area contributed by atoms with Gasteiger partial charge in [-0.05, 0) is 31.7 Å². The molecule has 0 aromatic heterocycles. The topological polar surface area (TPSA) is 111 Å². The zero-order chi connectivity index (χ0) is 20.4. The second-order valence-corrected chi connectivity index (χ2v) is 6.91. The maximum absolute atomic E-state index is 12.5. The van der Waals surface area contributed by atoms with Crippen LogP contribution in [0.25, 0.3) is 0 Å². The molecule has 0 saturated carbocycles. The summed E-state index contributed by atoms with van der Waals surface area (Å²) in [6, 6.07) is 7.54. The highest BCUT2D eigenvalue weighted by Gasteiger charge is 2.28. The fourth-order valence-electron chi connectivity index (χ4n) is 2.29. The molecule has 7 heteroatoms. The molecule has 4 N–H and O–H groups in total. The molecule has 0 heterocycles. The number of alkyl carbamates (subject to hydrolysis) is 1. The van der Waals surface area contributed by atoms with E-state index in [4.69, 9.17) is 10.5 Å². The third-order valence-corrected chi connectivity index (χ3v) is 3.86. The van der Waals surface area contributed by atoms with Gasteiger partial charge < -0.3 is 21.1 Å². The number of nitrogens with one attached hydrogen (secondary N) is 2. The third kappa shape index (κ3) is 8.40. The number of hydrogen-bond donors (Lipinski definition) is 3. The molecule has 2 atom stereocenters. The number of amides is 3. The molecular weight excluding hydrogens is 346 g/mol. The minimum absolute atomic E-state index is 0.101. The van der Waals surface area contributed by atoms with Crippen LogP contribution in [0.5, 0.6) is 0 Å². The summed E-state index contributed by atoms with van der Waals surface area (Å²) in [5.74, 6) is -1.31. The monoisotopic (exact) mass is 375 g/mol. The Bertz CT molecular complexity index is 667. The van der Waals surface area contributed by atoms with E-state index in [2.05, 4.69) is 10.6 Å². The first-order chi connectivity index (χ1) is 12.7. The lowest BCUT2D eigenvalue weighted by molar-refractivity contribution is -0.129. The molecule has 0 aliphatic heterocycles. The molecule has 0 bridgehead atoms. The van der Waals surface area contributed by atoms with Crippen molar-refractivity contribution in [2.75, 3.05) is 0 Å². The molecule has 0 fully saturated rings. The van der Waals surface area contributed by atoms with Crippen molar-refractivity contribution in [1.29, 1.82) is 0 Å². The molecule has 0 saturated heterocycles. The molecule has 0 aliphatic rings. The number of hydrogen-bond acceptors (Lipinski definition) is 4. The van der Waals surface area contributed by atoms with Crippen molar-refractivity contribution in [3.05, 3.63) is 47.5 Å². The summed E-state index contributed by atoms with van der Waals surface area (Å²) < 4.78 is 5.16. The van der Waals surface area contributed by atoms with Crippen molar-refractivity contribution in [1.82, 2.24) is 10.6 Å². The fraction of sp³-hybridized carbons (Fsp3) is 0.450. The average molecular weight is 375 g/mol. The number of nitrogens with two attached hydrogens (primary N) is 1. The van der Waals surface area contributed by atoms with Crippen molar-refractivity contribution in [3.8, 4) is 0 Å². The number of ether oxygens (including phenoxy) is 1. The molecule has 0 aliphatic carbocycles. The predicted octanol–water partition coefficient (Wildman–Crippen LogP) is 2.26. The van der Waals surface area contributed by atoms with Crippen LogP contribution in [-0.2, 0) is 20.9 Å². The number of allylic oxidation sites excluding steroid dienone is 1. The first kappa shape index (κ1) is 22.2. The van der Waals surface area contributed by atoms with Crippen molar-refractivity contribution < 1.29 is 19.1 Å². The van der Waals surface area contributed by atoms with Gasteiger partial charge in [0, 0.05) is 0 Å². The van der Waals surface area contributed by atoms with E-state index in [1.165, 1.54) is 0 Å². The zero-order valence-corrected chi connectivity index (χ0v) is 16.3. The van der Waals surface area contributed by atoms with Gasteiger partial charge >= 0.3 is 6.09 Å². The van der Waals surface area contributed by atoms with Crippen molar-refractivity contribution in [2.24, 2.45) is 11.7 Å². The normalized spacial score (nSPS) is 12.6. The number of benzene rings is 1. The van der Waals surface area contributed by atoms with Crippen LogP contribution in [0.3, 0.4) is 0 Å². The SMILES string of the molecule is CC(C)=CC[C@H](NC(=O)[C@@H](NC(=O)OCc1ccccc1)C(C)C)C(N)=O. The van der Waals surface area contributed by atoms with Crippen molar-refractivity contribution in [3.63, 3.8) is 0 Å². The van der Waals surface area contributed by atoms with Gasteiger partial charge in [-0.3, -0.25) is 9.59 Å². The average Bonchev–Trinajstić information content (AvgIpc) is 2.61. The van der Waals surface area contributed by atoms with Gasteiger partial charge in [0.25, 0.3) is 0 Å². The van der Waals surface area contributed by atoms with Gasteiger partial charge in [0.15, 0.2) is 0 Å². The van der Waals surface area contributed by atoms with E-state index in [9.17, 15) is 14.4 Å². The summed E-state index contributed by atoms with van der Waals surface area (Å²) in [7, 11) is 0. The maximum atomic E-state index is 12.5. The quantitative estimate of drug-likeness (QED) is 0.575. The van der Waals surface area contributed by atoms with Gasteiger partial charge in [-0.2, -0.15) is 0 Å². The lowest BCUT2D eigenvalue weighted by Crippen LogP contribution is -2.54. The summed E-state index contributed by atoms with van der Waals surface area (Å²) in [6.07, 6.45) is 1.42. The van der Waals surface area contributed by atoms with Crippen LogP contribution in [-0.4, -0.2) is 30.0 Å². The Morgan fingerprint density at radius 2 is 1.74 bits per heavy atom. The molecule has 27 heavy (non-hydrogen) atoms. The second-order valence-electron chi connectivity index (χ2n) is 6.91. The molecule has 148 valence electrons. The number of primary amides is 1. The molecule has 1 aromatic rings. The summed E-state index contributed by atoms with van der Waals surface area (Å²) in [4.78, 5) is 36.2. The van der Waals surface area contributed by atoms with E-state index in [0.29, 0.717) is 6.42 Å². The van der Waals surface area contributed by atoms with Crippen LogP contribution < -0.4 is 16.4 Å². The Morgan fingerprint density at radius 1 is 1.11 bits per heavy atom. The van der Waals surface area contributed by atoms with E-state index < -0.39 is 30.0 Å². The summed E-state index contributed by atoms with van der Waals surface area (Å²) >= 11 is 0. The highest BCUT2D eigenvalue weighted by molar-refractivity contribution is 5.90. The third-order valence-electron chi connectivity index (χ3n) is 3.86. The molecule has 0 spiro atoms. The Labute approximate surface area is 160 Å². The van der Waals surface area contributed by atoms with Crippen LogP contribution in [0.1, 0.15) is 39.7 Å². The van der Waals surface area contributed by atoms with E-state index in [1.54, 1.807) is 13.8 Å². The van der Waals surface area contributed by atoms with Crippen LogP contribution in [0.4, 0.5) is 4.79 Å². The number of rotatable bonds is 9.